The zero-order valence-electron chi connectivity index (χ0n) is 16.9. The van der Waals surface area contributed by atoms with Crippen molar-refractivity contribution in [3.05, 3.63) is 65.7 Å². The van der Waals surface area contributed by atoms with E-state index >= 15 is 0 Å². The van der Waals surface area contributed by atoms with Crippen molar-refractivity contribution in [1.29, 1.82) is 0 Å². The van der Waals surface area contributed by atoms with Gasteiger partial charge in [0.05, 0.1) is 6.04 Å². The first-order valence-corrected chi connectivity index (χ1v) is 9.59. The van der Waals surface area contributed by atoms with Gasteiger partial charge in [-0.3, -0.25) is 24.6 Å². The van der Waals surface area contributed by atoms with Gasteiger partial charge in [-0.2, -0.15) is 0 Å². The Labute approximate surface area is 186 Å². The van der Waals surface area contributed by atoms with E-state index in [9.17, 15) is 24.6 Å². The topological polar surface area (TPSA) is 138 Å². The Balaban J connectivity index is 0.00000240. The second kappa shape index (κ2) is 12.0. The van der Waals surface area contributed by atoms with Crippen LogP contribution in [0.2, 0.25) is 0 Å². The number of anilines is 1. The molecule has 31 heavy (non-hydrogen) atoms. The molecule has 3 rings (SSSR count). The van der Waals surface area contributed by atoms with Crippen LogP contribution in [0, 0.1) is 0 Å². The summed E-state index contributed by atoms with van der Waals surface area (Å²) < 4.78 is 0. The monoisotopic (exact) mass is 450 g/mol. The van der Waals surface area contributed by atoms with Crippen LogP contribution in [0.5, 0.6) is 0 Å². The second-order valence-corrected chi connectivity index (χ2v) is 7.12. The minimum atomic E-state index is -1.12. The molecule has 1 amide bonds. The molecule has 1 aliphatic heterocycles. The Morgan fingerprint density at radius 2 is 1.71 bits per heavy atom. The highest BCUT2D eigenvalue weighted by Gasteiger charge is 2.34. The molecule has 0 aliphatic carbocycles. The van der Waals surface area contributed by atoms with Crippen molar-refractivity contribution in [2.24, 2.45) is 0 Å². The van der Waals surface area contributed by atoms with Crippen molar-refractivity contribution in [3.8, 4) is 0 Å². The Bertz CT molecular complexity index is 893. The number of aryl methyl sites for hydroxylation is 2. The lowest BCUT2D eigenvalue weighted by Gasteiger charge is -2.26. The number of nitrogens with one attached hydrogen (secondary N) is 1. The number of hydrogen-bond acceptors (Lipinski definition) is 4. The molecule has 1 heterocycles. The number of carbonyl (C=O) groups excluding carboxylic acids is 1. The first kappa shape index (κ1) is 26.1. The standard InChI is InChI=1S/C22H24N2O5.ClH.H2O/c25-20(26)14-24-19-9-5-4-8-16(19)11-13-17(21(24)27)23-18(22(28)29)12-10-15-6-2-1-3-7-15;;/h1-9,17-18,23H,10-14H2,(H,25,26)(H,28,29);1H;1H2/t17-,18-;;/m0../s1. The molecular formula is C22H27ClN2O6. The molecule has 9 heteroatoms. The minimum Gasteiger partial charge on any atom is -0.480 e. The van der Waals surface area contributed by atoms with Crippen molar-refractivity contribution in [2.45, 2.75) is 37.8 Å². The number of benzene rings is 2. The van der Waals surface area contributed by atoms with Crippen LogP contribution in [0.25, 0.3) is 0 Å². The highest BCUT2D eigenvalue weighted by atomic mass is 35.5. The van der Waals surface area contributed by atoms with Crippen molar-refractivity contribution in [1.82, 2.24) is 5.32 Å². The molecule has 0 aromatic heterocycles. The third kappa shape index (κ3) is 6.78. The number of amides is 1. The average Bonchev–Trinajstić information content (AvgIpc) is 2.83. The number of carboxylic acid groups (broad SMARTS) is 2. The van der Waals surface area contributed by atoms with Crippen LogP contribution in [0.4, 0.5) is 5.69 Å². The second-order valence-electron chi connectivity index (χ2n) is 7.12. The first-order chi connectivity index (χ1) is 14.0. The zero-order chi connectivity index (χ0) is 20.8. The third-order valence-electron chi connectivity index (χ3n) is 5.11. The summed E-state index contributed by atoms with van der Waals surface area (Å²) in [6.45, 7) is -0.463. The molecule has 1 aliphatic rings. The van der Waals surface area contributed by atoms with Gasteiger partial charge in [-0.25, -0.2) is 0 Å². The fourth-order valence-electron chi connectivity index (χ4n) is 3.65. The molecule has 0 bridgehead atoms. The zero-order valence-corrected chi connectivity index (χ0v) is 17.7. The maximum absolute atomic E-state index is 13.1. The van der Waals surface area contributed by atoms with E-state index in [-0.39, 0.29) is 17.9 Å². The number of carboxylic acids is 2. The number of hydrogen-bond donors (Lipinski definition) is 3. The molecule has 0 fully saturated rings. The molecule has 0 unspecified atom stereocenters. The maximum atomic E-state index is 13.1. The van der Waals surface area contributed by atoms with Gasteiger partial charge in [-0.1, -0.05) is 48.5 Å². The van der Waals surface area contributed by atoms with E-state index in [4.69, 9.17) is 0 Å². The normalized spacial score (nSPS) is 16.2. The summed E-state index contributed by atoms with van der Waals surface area (Å²) in [5, 5.41) is 21.9. The lowest BCUT2D eigenvalue weighted by Crippen LogP contribution is -2.52. The highest BCUT2D eigenvalue weighted by Crippen LogP contribution is 2.27. The van der Waals surface area contributed by atoms with Crippen LogP contribution < -0.4 is 10.2 Å². The Hall–Kier alpha value is -2.94. The van der Waals surface area contributed by atoms with E-state index < -0.39 is 36.5 Å². The molecular weight excluding hydrogens is 424 g/mol. The van der Waals surface area contributed by atoms with Crippen molar-refractivity contribution >= 4 is 35.9 Å². The van der Waals surface area contributed by atoms with E-state index in [0.717, 1.165) is 11.1 Å². The summed E-state index contributed by atoms with van der Waals surface area (Å²) in [5.74, 6) is -2.56. The Kier molecular flexibility index (Phi) is 10.1. The highest BCUT2D eigenvalue weighted by molar-refractivity contribution is 6.02. The largest absolute Gasteiger partial charge is 0.480 e. The average molecular weight is 451 g/mol. The molecule has 2 aromatic rings. The van der Waals surface area contributed by atoms with Gasteiger partial charge in [0.15, 0.2) is 0 Å². The van der Waals surface area contributed by atoms with Crippen LogP contribution in [-0.2, 0) is 27.2 Å². The predicted octanol–water partition coefficient (Wildman–Crippen LogP) is 1.69. The third-order valence-corrected chi connectivity index (χ3v) is 5.11. The van der Waals surface area contributed by atoms with E-state index in [1.54, 1.807) is 12.1 Å². The maximum Gasteiger partial charge on any atom is 0.323 e. The number of fused-ring (bicyclic) bond motifs is 1. The van der Waals surface area contributed by atoms with Gasteiger partial charge in [0.25, 0.3) is 0 Å². The fourth-order valence-corrected chi connectivity index (χ4v) is 3.65. The molecule has 0 spiro atoms. The summed E-state index contributed by atoms with van der Waals surface area (Å²) in [6.07, 6.45) is 1.85. The Morgan fingerprint density at radius 1 is 1.06 bits per heavy atom. The summed E-state index contributed by atoms with van der Waals surface area (Å²) in [7, 11) is 0. The van der Waals surface area contributed by atoms with E-state index in [0.29, 0.717) is 31.4 Å². The molecule has 5 N–H and O–H groups in total. The number of aliphatic carboxylic acids is 2. The van der Waals surface area contributed by atoms with Gasteiger partial charge in [-0.05, 0) is 42.9 Å². The summed E-state index contributed by atoms with van der Waals surface area (Å²) in [6, 6.07) is 15.1. The van der Waals surface area contributed by atoms with Crippen molar-refractivity contribution in [2.75, 3.05) is 11.4 Å². The first-order valence-electron chi connectivity index (χ1n) is 9.59. The molecule has 2 aromatic carbocycles. The lowest BCUT2D eigenvalue weighted by atomic mass is 10.0. The SMILES string of the molecule is Cl.O.O=C(O)CN1C(=O)[C@@H](N[C@@H](CCc2ccccc2)C(=O)O)CCc2ccccc21. The number of rotatable bonds is 8. The van der Waals surface area contributed by atoms with Crippen molar-refractivity contribution in [3.63, 3.8) is 0 Å². The van der Waals surface area contributed by atoms with E-state index in [2.05, 4.69) is 5.32 Å². The van der Waals surface area contributed by atoms with Gasteiger partial charge in [-0.15, -0.1) is 12.4 Å². The molecule has 168 valence electrons. The number of nitrogens with zero attached hydrogens (tertiary/aromatic N) is 1. The molecule has 0 saturated carbocycles. The summed E-state index contributed by atoms with van der Waals surface area (Å²) in [5.41, 5.74) is 2.47. The summed E-state index contributed by atoms with van der Waals surface area (Å²) in [4.78, 5) is 37.4. The fraction of sp³-hybridized carbons (Fsp3) is 0.318. The van der Waals surface area contributed by atoms with Crippen LogP contribution >= 0.6 is 12.4 Å². The van der Waals surface area contributed by atoms with Gasteiger partial charge in [0.1, 0.15) is 12.6 Å². The van der Waals surface area contributed by atoms with Gasteiger partial charge >= 0.3 is 11.9 Å². The minimum absolute atomic E-state index is 0. The molecule has 2 atom stereocenters. The molecule has 0 radical (unpaired) electrons. The van der Waals surface area contributed by atoms with E-state index in [1.807, 2.05) is 42.5 Å². The molecule has 0 saturated heterocycles. The van der Waals surface area contributed by atoms with Gasteiger partial charge in [0, 0.05) is 5.69 Å². The van der Waals surface area contributed by atoms with Gasteiger partial charge in [0.2, 0.25) is 5.91 Å². The summed E-state index contributed by atoms with van der Waals surface area (Å²) >= 11 is 0. The number of carbonyl (C=O) groups is 3. The molecule has 8 nitrogen and oxygen atoms in total. The van der Waals surface area contributed by atoms with Crippen LogP contribution in [0.3, 0.4) is 0 Å². The number of halogens is 1. The van der Waals surface area contributed by atoms with Gasteiger partial charge < -0.3 is 15.7 Å². The predicted molar refractivity (Wildman–Crippen MR) is 119 cm³/mol. The smallest absolute Gasteiger partial charge is 0.323 e. The van der Waals surface area contributed by atoms with E-state index in [1.165, 1.54) is 4.90 Å². The Morgan fingerprint density at radius 3 is 2.35 bits per heavy atom. The lowest BCUT2D eigenvalue weighted by molar-refractivity contribution is -0.140. The van der Waals surface area contributed by atoms with Crippen LogP contribution in [-0.4, -0.2) is 52.2 Å². The van der Waals surface area contributed by atoms with Crippen molar-refractivity contribution < 1.29 is 30.1 Å². The van der Waals surface area contributed by atoms with Crippen LogP contribution in [0.1, 0.15) is 24.0 Å². The quantitative estimate of drug-likeness (QED) is 0.559. The van der Waals surface area contributed by atoms with Crippen LogP contribution in [0.15, 0.2) is 54.6 Å². The number of para-hydroxylation sites is 1.